The highest BCUT2D eigenvalue weighted by Gasteiger charge is 2.33. The lowest BCUT2D eigenvalue weighted by Crippen LogP contribution is -2.37. The lowest BCUT2D eigenvalue weighted by atomic mass is 9.97. The third-order valence-corrected chi connectivity index (χ3v) is 4.11. The van der Waals surface area contributed by atoms with E-state index in [0.717, 1.165) is 29.5 Å². The summed E-state index contributed by atoms with van der Waals surface area (Å²) in [5, 5.41) is 0. The minimum Gasteiger partial charge on any atom is -0.334 e. The van der Waals surface area contributed by atoms with Crippen molar-refractivity contribution in [3.63, 3.8) is 0 Å². The molecule has 3 heteroatoms. The number of carbonyl (C=O) groups excluding carboxylic acids is 1. The molecule has 1 saturated carbocycles. The minimum atomic E-state index is 0.102. The number of benzene rings is 2. The molecule has 3 nitrogen and oxygen atoms in total. The molecule has 0 unspecified atom stereocenters. The van der Waals surface area contributed by atoms with E-state index >= 15 is 0 Å². The number of rotatable bonds is 5. The van der Waals surface area contributed by atoms with Gasteiger partial charge in [0.1, 0.15) is 0 Å². The van der Waals surface area contributed by atoms with Crippen LogP contribution in [0.25, 0.3) is 11.1 Å². The first kappa shape index (κ1) is 14.8. The first-order chi connectivity index (χ1) is 10.7. The normalized spacial score (nSPS) is 13.9. The van der Waals surface area contributed by atoms with Crippen LogP contribution in [0.1, 0.15) is 28.8 Å². The second-order valence-corrected chi connectivity index (χ2v) is 5.93. The average Bonchev–Trinajstić information content (AvgIpc) is 3.37. The molecular formula is C19H22N2O. The molecule has 3 rings (SSSR count). The lowest BCUT2D eigenvalue weighted by Gasteiger charge is -2.23. The number of hydrogen-bond acceptors (Lipinski definition) is 2. The molecule has 1 fully saturated rings. The second kappa shape index (κ2) is 6.32. The predicted octanol–water partition coefficient (Wildman–Crippen LogP) is 3.23. The summed E-state index contributed by atoms with van der Waals surface area (Å²) < 4.78 is 0. The zero-order chi connectivity index (χ0) is 15.5. The van der Waals surface area contributed by atoms with Crippen LogP contribution in [0.4, 0.5) is 0 Å². The van der Waals surface area contributed by atoms with Crippen LogP contribution in [0.15, 0.2) is 48.5 Å². The van der Waals surface area contributed by atoms with Gasteiger partial charge in [-0.15, -0.1) is 0 Å². The topological polar surface area (TPSA) is 46.3 Å². The molecule has 0 radical (unpaired) electrons. The van der Waals surface area contributed by atoms with Crippen LogP contribution in [-0.2, 0) is 0 Å². The Morgan fingerprint density at radius 2 is 1.95 bits per heavy atom. The van der Waals surface area contributed by atoms with Crippen molar-refractivity contribution >= 4 is 5.91 Å². The van der Waals surface area contributed by atoms with Crippen molar-refractivity contribution < 1.29 is 4.79 Å². The summed E-state index contributed by atoms with van der Waals surface area (Å²) in [5.74, 6) is 0.102. The second-order valence-electron chi connectivity index (χ2n) is 5.93. The highest BCUT2D eigenvalue weighted by Crippen LogP contribution is 2.31. The van der Waals surface area contributed by atoms with Gasteiger partial charge < -0.3 is 10.6 Å². The Bertz CT molecular complexity index is 677. The summed E-state index contributed by atoms with van der Waals surface area (Å²) >= 11 is 0. The maximum atomic E-state index is 13.0. The maximum absolute atomic E-state index is 13.0. The van der Waals surface area contributed by atoms with E-state index in [1.165, 1.54) is 5.56 Å². The fourth-order valence-electron chi connectivity index (χ4n) is 2.86. The quantitative estimate of drug-likeness (QED) is 0.920. The Labute approximate surface area is 131 Å². The molecule has 1 aliphatic rings. The van der Waals surface area contributed by atoms with Crippen molar-refractivity contribution in [1.29, 1.82) is 0 Å². The SMILES string of the molecule is Cc1cccc(-c2ccccc2C(=O)N(CCN)C2CC2)c1. The fourth-order valence-corrected chi connectivity index (χ4v) is 2.86. The monoisotopic (exact) mass is 294 g/mol. The van der Waals surface area contributed by atoms with Gasteiger partial charge in [-0.1, -0.05) is 48.0 Å². The predicted molar refractivity (Wildman–Crippen MR) is 89.7 cm³/mol. The van der Waals surface area contributed by atoms with E-state index in [2.05, 4.69) is 25.1 Å². The van der Waals surface area contributed by atoms with E-state index in [1.807, 2.05) is 35.2 Å². The van der Waals surface area contributed by atoms with Gasteiger partial charge in [0.15, 0.2) is 0 Å². The standard InChI is InChI=1S/C19H22N2O/c1-14-5-4-6-15(13-14)17-7-2-3-8-18(17)19(22)21(12-11-20)16-9-10-16/h2-8,13,16H,9-12,20H2,1H3. The zero-order valence-electron chi connectivity index (χ0n) is 13.0. The van der Waals surface area contributed by atoms with Gasteiger partial charge in [0.05, 0.1) is 0 Å². The summed E-state index contributed by atoms with van der Waals surface area (Å²) in [7, 11) is 0. The number of amides is 1. The Hall–Kier alpha value is -2.13. The summed E-state index contributed by atoms with van der Waals surface area (Å²) in [5.41, 5.74) is 9.74. The summed E-state index contributed by atoms with van der Waals surface area (Å²) in [4.78, 5) is 14.9. The Kier molecular flexibility index (Phi) is 4.25. The van der Waals surface area contributed by atoms with Crippen molar-refractivity contribution in [2.24, 2.45) is 5.73 Å². The molecule has 0 bridgehead atoms. The zero-order valence-corrected chi connectivity index (χ0v) is 13.0. The molecule has 0 aromatic heterocycles. The van der Waals surface area contributed by atoms with Crippen LogP contribution < -0.4 is 5.73 Å². The van der Waals surface area contributed by atoms with Gasteiger partial charge in [-0.05, 0) is 37.0 Å². The van der Waals surface area contributed by atoms with Crippen molar-refractivity contribution in [3.8, 4) is 11.1 Å². The van der Waals surface area contributed by atoms with Crippen molar-refractivity contribution in [1.82, 2.24) is 4.90 Å². The van der Waals surface area contributed by atoms with Crippen molar-refractivity contribution in [3.05, 3.63) is 59.7 Å². The van der Waals surface area contributed by atoms with E-state index in [4.69, 9.17) is 5.73 Å². The van der Waals surface area contributed by atoms with Gasteiger partial charge in [-0.2, -0.15) is 0 Å². The maximum Gasteiger partial charge on any atom is 0.254 e. The van der Waals surface area contributed by atoms with Crippen LogP contribution in [0.3, 0.4) is 0 Å². The molecular weight excluding hydrogens is 272 g/mol. The van der Waals surface area contributed by atoms with E-state index in [0.29, 0.717) is 19.1 Å². The molecule has 1 aliphatic carbocycles. The third kappa shape index (κ3) is 3.04. The first-order valence-electron chi connectivity index (χ1n) is 7.88. The number of carbonyl (C=O) groups is 1. The molecule has 0 aliphatic heterocycles. The molecule has 0 heterocycles. The Morgan fingerprint density at radius 1 is 1.18 bits per heavy atom. The molecule has 0 atom stereocenters. The first-order valence-corrected chi connectivity index (χ1v) is 7.88. The minimum absolute atomic E-state index is 0.102. The summed E-state index contributed by atoms with van der Waals surface area (Å²) in [6.45, 7) is 3.21. The molecule has 2 N–H and O–H groups in total. The van der Waals surface area contributed by atoms with Gasteiger partial charge in [0.2, 0.25) is 0 Å². The molecule has 2 aromatic rings. The van der Waals surface area contributed by atoms with Crippen molar-refractivity contribution in [2.75, 3.05) is 13.1 Å². The highest BCUT2D eigenvalue weighted by molar-refractivity contribution is 6.01. The highest BCUT2D eigenvalue weighted by atomic mass is 16.2. The molecule has 1 amide bonds. The van der Waals surface area contributed by atoms with Crippen LogP contribution in [0.5, 0.6) is 0 Å². The van der Waals surface area contributed by atoms with E-state index < -0.39 is 0 Å². The fraction of sp³-hybridized carbons (Fsp3) is 0.316. The third-order valence-electron chi connectivity index (χ3n) is 4.11. The number of hydrogen-bond donors (Lipinski definition) is 1. The van der Waals surface area contributed by atoms with E-state index in [1.54, 1.807) is 0 Å². The largest absolute Gasteiger partial charge is 0.334 e. The number of aryl methyl sites for hydroxylation is 1. The van der Waals surface area contributed by atoms with Gasteiger partial charge in [-0.3, -0.25) is 4.79 Å². The smallest absolute Gasteiger partial charge is 0.254 e. The molecule has 114 valence electrons. The van der Waals surface area contributed by atoms with Crippen LogP contribution >= 0.6 is 0 Å². The number of nitrogens with zero attached hydrogens (tertiary/aromatic N) is 1. The Morgan fingerprint density at radius 3 is 2.64 bits per heavy atom. The van der Waals surface area contributed by atoms with Gasteiger partial charge in [-0.25, -0.2) is 0 Å². The summed E-state index contributed by atoms with van der Waals surface area (Å²) in [6.07, 6.45) is 2.19. The van der Waals surface area contributed by atoms with Gasteiger partial charge >= 0.3 is 0 Å². The molecule has 2 aromatic carbocycles. The molecule has 0 spiro atoms. The van der Waals surface area contributed by atoms with Crippen LogP contribution in [0.2, 0.25) is 0 Å². The van der Waals surface area contributed by atoms with Crippen molar-refractivity contribution in [2.45, 2.75) is 25.8 Å². The van der Waals surface area contributed by atoms with Crippen LogP contribution in [0, 0.1) is 6.92 Å². The van der Waals surface area contributed by atoms with Crippen LogP contribution in [-0.4, -0.2) is 29.9 Å². The molecule has 22 heavy (non-hydrogen) atoms. The lowest BCUT2D eigenvalue weighted by molar-refractivity contribution is 0.0749. The number of nitrogens with two attached hydrogens (primary N) is 1. The van der Waals surface area contributed by atoms with E-state index in [9.17, 15) is 4.79 Å². The van der Waals surface area contributed by atoms with E-state index in [-0.39, 0.29) is 5.91 Å². The van der Waals surface area contributed by atoms with Gasteiger partial charge in [0, 0.05) is 24.7 Å². The summed E-state index contributed by atoms with van der Waals surface area (Å²) in [6, 6.07) is 16.5. The van der Waals surface area contributed by atoms with Gasteiger partial charge in [0.25, 0.3) is 5.91 Å². The Balaban J connectivity index is 1.98. The average molecular weight is 294 g/mol. The molecule has 0 saturated heterocycles.